The molecule has 27 heavy (non-hydrogen) atoms. The third-order valence-corrected chi connectivity index (χ3v) is 5.49. The molecule has 2 amide bonds. The van der Waals surface area contributed by atoms with E-state index in [0.717, 1.165) is 24.4 Å². The van der Waals surface area contributed by atoms with Gasteiger partial charge in [-0.2, -0.15) is 11.3 Å². The molecule has 2 heterocycles. The van der Waals surface area contributed by atoms with Crippen molar-refractivity contribution < 1.29 is 14.3 Å². The lowest BCUT2D eigenvalue weighted by Crippen LogP contribution is -2.43. The molecule has 3 rings (SSSR count). The van der Waals surface area contributed by atoms with Crippen LogP contribution in [0.2, 0.25) is 0 Å². The second-order valence-corrected chi connectivity index (χ2v) is 7.34. The number of hydrogen-bond acceptors (Lipinski definition) is 5. The highest BCUT2D eigenvalue weighted by Crippen LogP contribution is 2.26. The quantitative estimate of drug-likeness (QED) is 0.716. The fraction of sp³-hybridized carbons (Fsp3) is 0.400. The van der Waals surface area contributed by atoms with Gasteiger partial charge in [-0.15, -0.1) is 0 Å². The van der Waals surface area contributed by atoms with Crippen molar-refractivity contribution in [2.75, 3.05) is 26.7 Å². The Morgan fingerprint density at radius 2 is 1.81 bits per heavy atom. The van der Waals surface area contributed by atoms with E-state index in [1.54, 1.807) is 18.4 Å². The smallest absolute Gasteiger partial charge is 0.309 e. The van der Waals surface area contributed by atoms with E-state index in [0.29, 0.717) is 13.1 Å². The number of hydrogen-bond donors (Lipinski definition) is 2. The first-order chi connectivity index (χ1) is 13.2. The Bertz CT molecular complexity index is 740. The molecule has 2 N–H and O–H groups in total. The molecule has 0 unspecified atom stereocenters. The molecule has 0 bridgehead atoms. The Labute approximate surface area is 163 Å². The van der Waals surface area contributed by atoms with E-state index in [4.69, 9.17) is 4.74 Å². The minimum atomic E-state index is -0.615. The fourth-order valence-corrected chi connectivity index (χ4v) is 3.96. The summed E-state index contributed by atoms with van der Waals surface area (Å²) < 4.78 is 5.11. The van der Waals surface area contributed by atoms with Gasteiger partial charge in [-0.05, 0) is 66.0 Å². The molecule has 1 aromatic carbocycles. The third kappa shape index (κ3) is 5.30. The molecule has 1 fully saturated rings. The number of amides is 2. The highest BCUT2D eigenvalue weighted by Gasteiger charge is 2.25. The van der Waals surface area contributed by atoms with E-state index < -0.39 is 11.8 Å². The monoisotopic (exact) mass is 387 g/mol. The van der Waals surface area contributed by atoms with Crippen molar-refractivity contribution in [2.45, 2.75) is 25.4 Å². The molecule has 1 saturated heterocycles. The number of carbonyl (C=O) groups excluding carboxylic acids is 2. The molecule has 0 aliphatic carbocycles. The third-order valence-electron chi connectivity index (χ3n) is 4.78. The number of ether oxygens (including phenoxy) is 1. The van der Waals surface area contributed by atoms with Crippen LogP contribution in [-0.2, 0) is 16.1 Å². The van der Waals surface area contributed by atoms with Gasteiger partial charge in [0.25, 0.3) is 0 Å². The number of thiophene rings is 1. The summed E-state index contributed by atoms with van der Waals surface area (Å²) in [5.74, 6) is -0.455. The van der Waals surface area contributed by atoms with Gasteiger partial charge in [-0.3, -0.25) is 14.5 Å². The highest BCUT2D eigenvalue weighted by atomic mass is 32.1. The molecule has 0 spiro atoms. The Hall–Kier alpha value is -2.38. The maximum Gasteiger partial charge on any atom is 0.309 e. The molecule has 144 valence electrons. The largest absolute Gasteiger partial charge is 0.497 e. The standard InChI is InChI=1S/C20H25N3O3S/c1-26-17-6-4-15(5-7-17)12-21-19(24)20(25)22-13-18(16-8-11-27-14-16)23-9-2-3-10-23/h4-8,11,14,18H,2-3,9-10,12-13H2,1H3,(H,21,24)(H,22,25)/t18-/m1/s1. The summed E-state index contributed by atoms with van der Waals surface area (Å²) >= 11 is 1.65. The normalized spacial score (nSPS) is 15.3. The summed E-state index contributed by atoms with van der Waals surface area (Å²) in [6.07, 6.45) is 2.36. The van der Waals surface area contributed by atoms with Crippen LogP contribution in [0.1, 0.15) is 30.0 Å². The zero-order valence-corrected chi connectivity index (χ0v) is 16.3. The van der Waals surface area contributed by atoms with Gasteiger partial charge in [0, 0.05) is 13.1 Å². The molecule has 0 radical (unpaired) electrons. The van der Waals surface area contributed by atoms with Crippen molar-refractivity contribution >= 4 is 23.2 Å². The van der Waals surface area contributed by atoms with Crippen molar-refractivity contribution in [2.24, 2.45) is 0 Å². The van der Waals surface area contributed by atoms with Crippen LogP contribution in [0.3, 0.4) is 0 Å². The van der Waals surface area contributed by atoms with Gasteiger partial charge in [0.05, 0.1) is 13.2 Å². The topological polar surface area (TPSA) is 70.7 Å². The summed E-state index contributed by atoms with van der Waals surface area (Å²) in [5.41, 5.74) is 2.10. The van der Waals surface area contributed by atoms with E-state index >= 15 is 0 Å². The Kier molecular flexibility index (Phi) is 6.84. The number of methoxy groups -OCH3 is 1. The summed E-state index contributed by atoms with van der Waals surface area (Å²) in [7, 11) is 1.60. The van der Waals surface area contributed by atoms with E-state index in [9.17, 15) is 9.59 Å². The average molecular weight is 388 g/mol. The predicted molar refractivity (Wildman–Crippen MR) is 106 cm³/mol. The second-order valence-electron chi connectivity index (χ2n) is 6.56. The maximum absolute atomic E-state index is 12.2. The van der Waals surface area contributed by atoms with Gasteiger partial charge in [-0.1, -0.05) is 12.1 Å². The second kappa shape index (κ2) is 9.53. The zero-order valence-electron chi connectivity index (χ0n) is 15.4. The van der Waals surface area contributed by atoms with Crippen molar-refractivity contribution in [3.63, 3.8) is 0 Å². The van der Waals surface area contributed by atoms with E-state index in [1.807, 2.05) is 29.6 Å². The molecular weight excluding hydrogens is 362 g/mol. The van der Waals surface area contributed by atoms with Gasteiger partial charge in [0.1, 0.15) is 5.75 Å². The van der Waals surface area contributed by atoms with Crippen molar-refractivity contribution in [1.82, 2.24) is 15.5 Å². The molecule has 0 saturated carbocycles. The molecule has 1 atom stereocenters. The molecule has 1 aromatic heterocycles. The lowest BCUT2D eigenvalue weighted by molar-refractivity contribution is -0.139. The number of carbonyl (C=O) groups is 2. The van der Waals surface area contributed by atoms with Gasteiger partial charge in [-0.25, -0.2) is 0 Å². The van der Waals surface area contributed by atoms with Crippen molar-refractivity contribution in [3.8, 4) is 5.75 Å². The minimum Gasteiger partial charge on any atom is -0.497 e. The SMILES string of the molecule is COc1ccc(CNC(=O)C(=O)NC[C@H](c2ccsc2)N2CCCC2)cc1. The van der Waals surface area contributed by atoms with Crippen LogP contribution in [-0.4, -0.2) is 43.5 Å². The van der Waals surface area contributed by atoms with E-state index in [2.05, 4.69) is 27.0 Å². The summed E-state index contributed by atoms with van der Waals surface area (Å²) in [4.78, 5) is 26.7. The summed E-state index contributed by atoms with van der Waals surface area (Å²) in [6.45, 7) is 2.79. The molecular formula is C20H25N3O3S. The van der Waals surface area contributed by atoms with Crippen molar-refractivity contribution in [1.29, 1.82) is 0 Å². The summed E-state index contributed by atoms with van der Waals surface area (Å²) in [5, 5.41) is 9.61. The molecule has 1 aliphatic heterocycles. The molecule has 6 nitrogen and oxygen atoms in total. The van der Waals surface area contributed by atoms with Crippen LogP contribution in [0, 0.1) is 0 Å². The molecule has 2 aromatic rings. The lowest BCUT2D eigenvalue weighted by Gasteiger charge is -2.27. The van der Waals surface area contributed by atoms with Gasteiger partial charge in [0.15, 0.2) is 0 Å². The fourth-order valence-electron chi connectivity index (χ4n) is 3.25. The number of nitrogens with one attached hydrogen (secondary N) is 2. The Balaban J connectivity index is 1.49. The lowest BCUT2D eigenvalue weighted by atomic mass is 10.1. The number of benzene rings is 1. The average Bonchev–Trinajstić information content (AvgIpc) is 3.41. The zero-order chi connectivity index (χ0) is 19.1. The highest BCUT2D eigenvalue weighted by molar-refractivity contribution is 7.08. The van der Waals surface area contributed by atoms with Gasteiger partial charge in [0.2, 0.25) is 0 Å². The Morgan fingerprint density at radius 1 is 1.11 bits per heavy atom. The first-order valence-corrected chi connectivity index (χ1v) is 10.1. The van der Waals surface area contributed by atoms with Crippen LogP contribution in [0.4, 0.5) is 0 Å². The maximum atomic E-state index is 12.2. The number of likely N-dealkylation sites (tertiary alicyclic amines) is 1. The first-order valence-electron chi connectivity index (χ1n) is 9.12. The predicted octanol–water partition coefficient (Wildman–Crippen LogP) is 2.33. The Morgan fingerprint density at radius 3 is 2.44 bits per heavy atom. The minimum absolute atomic E-state index is 0.122. The van der Waals surface area contributed by atoms with Crippen molar-refractivity contribution in [3.05, 3.63) is 52.2 Å². The number of rotatable bonds is 7. The van der Waals surface area contributed by atoms with Crippen LogP contribution >= 0.6 is 11.3 Å². The first kappa shape index (κ1) is 19.4. The van der Waals surface area contributed by atoms with E-state index in [1.165, 1.54) is 18.4 Å². The summed E-state index contributed by atoms with van der Waals surface area (Å²) in [6, 6.07) is 9.57. The van der Waals surface area contributed by atoms with Gasteiger partial charge >= 0.3 is 11.8 Å². The van der Waals surface area contributed by atoms with Crippen LogP contribution in [0.25, 0.3) is 0 Å². The molecule has 1 aliphatic rings. The molecule has 7 heteroatoms. The van der Waals surface area contributed by atoms with Crippen LogP contribution in [0.5, 0.6) is 5.75 Å². The number of nitrogens with zero attached hydrogens (tertiary/aromatic N) is 1. The van der Waals surface area contributed by atoms with Gasteiger partial charge < -0.3 is 15.4 Å². The van der Waals surface area contributed by atoms with Crippen LogP contribution < -0.4 is 15.4 Å². The van der Waals surface area contributed by atoms with Crippen LogP contribution in [0.15, 0.2) is 41.1 Å². The van der Waals surface area contributed by atoms with E-state index in [-0.39, 0.29) is 6.04 Å².